The molecular formula is C24H27N7OS. The molecule has 0 radical (unpaired) electrons. The molecule has 0 spiro atoms. The average molecular weight is 462 g/mol. The van der Waals surface area contributed by atoms with Crippen molar-refractivity contribution in [3.8, 4) is 5.82 Å². The standard InChI is InChI=1S/C24H27N7OS/c1-24(2,3)22-28-19(13-33-22)31-20-18(21(32)30(31)17-6-7-17)12-26-23(29-20)27-16-5-4-15-11-25-9-8-14(15)10-16/h4-5,10,12-13,17,25H,6-9,11H2,1-3H3,(H,26,27,29). The maximum Gasteiger partial charge on any atom is 0.278 e. The second-order valence-corrected chi connectivity index (χ2v) is 10.8. The van der Waals surface area contributed by atoms with Gasteiger partial charge in [-0.1, -0.05) is 26.8 Å². The number of fused-ring (bicyclic) bond motifs is 2. The minimum Gasteiger partial charge on any atom is -0.324 e. The fraction of sp³-hybridized carbons (Fsp3) is 0.417. The quantitative estimate of drug-likeness (QED) is 0.476. The van der Waals surface area contributed by atoms with E-state index in [4.69, 9.17) is 9.97 Å². The Bertz CT molecular complexity index is 1420. The van der Waals surface area contributed by atoms with E-state index in [0.717, 1.165) is 48.9 Å². The molecule has 0 atom stereocenters. The first-order valence-corrected chi connectivity index (χ1v) is 12.3. The molecule has 0 saturated heterocycles. The fourth-order valence-electron chi connectivity index (χ4n) is 4.32. The van der Waals surface area contributed by atoms with Crippen LogP contribution in [-0.4, -0.2) is 30.9 Å². The van der Waals surface area contributed by atoms with Gasteiger partial charge in [-0.25, -0.2) is 19.3 Å². The second kappa shape index (κ2) is 7.50. The van der Waals surface area contributed by atoms with Crippen LogP contribution < -0.4 is 16.2 Å². The normalized spacial score (nSPS) is 16.2. The predicted molar refractivity (Wildman–Crippen MR) is 131 cm³/mol. The molecule has 1 fully saturated rings. The Balaban J connectivity index is 1.44. The van der Waals surface area contributed by atoms with Crippen LogP contribution >= 0.6 is 11.3 Å². The number of anilines is 2. The van der Waals surface area contributed by atoms with E-state index in [1.54, 1.807) is 17.5 Å². The van der Waals surface area contributed by atoms with Gasteiger partial charge in [0, 0.05) is 29.2 Å². The largest absolute Gasteiger partial charge is 0.324 e. The van der Waals surface area contributed by atoms with Crippen LogP contribution in [0, 0.1) is 0 Å². The predicted octanol–water partition coefficient (Wildman–Crippen LogP) is 4.06. The van der Waals surface area contributed by atoms with Crippen LogP contribution in [0.3, 0.4) is 0 Å². The zero-order valence-electron chi connectivity index (χ0n) is 19.1. The number of thiazole rings is 1. The van der Waals surface area contributed by atoms with Gasteiger partial charge >= 0.3 is 0 Å². The van der Waals surface area contributed by atoms with E-state index in [1.165, 1.54) is 11.1 Å². The van der Waals surface area contributed by atoms with Crippen molar-refractivity contribution < 1.29 is 0 Å². The number of benzene rings is 1. The summed E-state index contributed by atoms with van der Waals surface area (Å²) in [5.74, 6) is 1.22. The molecule has 6 rings (SSSR count). The van der Waals surface area contributed by atoms with Gasteiger partial charge in [-0.3, -0.25) is 4.79 Å². The molecule has 170 valence electrons. The summed E-state index contributed by atoms with van der Waals surface area (Å²) in [4.78, 5) is 27.4. The summed E-state index contributed by atoms with van der Waals surface area (Å²) in [5.41, 5.74) is 4.11. The van der Waals surface area contributed by atoms with Crippen molar-refractivity contribution in [2.45, 2.75) is 58.0 Å². The summed E-state index contributed by atoms with van der Waals surface area (Å²) in [5, 5.41) is 10.3. The zero-order chi connectivity index (χ0) is 22.7. The highest BCUT2D eigenvalue weighted by Gasteiger charge is 2.32. The summed E-state index contributed by atoms with van der Waals surface area (Å²) < 4.78 is 3.71. The molecule has 0 amide bonds. The first-order chi connectivity index (χ1) is 15.9. The Morgan fingerprint density at radius 1 is 1.18 bits per heavy atom. The summed E-state index contributed by atoms with van der Waals surface area (Å²) >= 11 is 1.62. The molecule has 2 aliphatic rings. The van der Waals surface area contributed by atoms with Gasteiger partial charge in [0.15, 0.2) is 11.5 Å². The van der Waals surface area contributed by atoms with Crippen molar-refractivity contribution in [3.63, 3.8) is 0 Å². The summed E-state index contributed by atoms with van der Waals surface area (Å²) in [6.45, 7) is 8.34. The van der Waals surface area contributed by atoms with Crippen LogP contribution in [0.1, 0.15) is 55.8 Å². The van der Waals surface area contributed by atoms with E-state index in [2.05, 4.69) is 54.6 Å². The van der Waals surface area contributed by atoms with Crippen LogP contribution in [0.15, 0.2) is 34.6 Å². The molecule has 0 bridgehead atoms. The first-order valence-electron chi connectivity index (χ1n) is 11.4. The molecule has 33 heavy (non-hydrogen) atoms. The highest BCUT2D eigenvalue weighted by Crippen LogP contribution is 2.36. The molecule has 4 heterocycles. The van der Waals surface area contributed by atoms with Crippen molar-refractivity contribution in [1.82, 2.24) is 29.6 Å². The molecule has 1 aromatic carbocycles. The van der Waals surface area contributed by atoms with Crippen molar-refractivity contribution >= 4 is 34.0 Å². The highest BCUT2D eigenvalue weighted by molar-refractivity contribution is 7.10. The van der Waals surface area contributed by atoms with Gasteiger partial charge in [0.2, 0.25) is 5.95 Å². The third-order valence-corrected chi connectivity index (χ3v) is 7.47. The van der Waals surface area contributed by atoms with Crippen LogP contribution in [0.2, 0.25) is 0 Å². The van der Waals surface area contributed by atoms with Gasteiger partial charge < -0.3 is 10.6 Å². The van der Waals surface area contributed by atoms with Crippen molar-refractivity contribution in [2.75, 3.05) is 11.9 Å². The van der Waals surface area contributed by atoms with Gasteiger partial charge in [0.05, 0.1) is 6.04 Å². The van der Waals surface area contributed by atoms with Crippen LogP contribution in [0.4, 0.5) is 11.6 Å². The van der Waals surface area contributed by atoms with E-state index in [1.807, 2.05) is 14.7 Å². The summed E-state index contributed by atoms with van der Waals surface area (Å²) in [7, 11) is 0. The van der Waals surface area contributed by atoms with Crippen LogP contribution in [-0.2, 0) is 18.4 Å². The number of aromatic nitrogens is 5. The molecule has 1 aliphatic heterocycles. The number of rotatable bonds is 4. The number of hydrogen-bond acceptors (Lipinski definition) is 7. The molecule has 1 saturated carbocycles. The lowest BCUT2D eigenvalue weighted by Gasteiger charge is -2.18. The van der Waals surface area contributed by atoms with E-state index < -0.39 is 0 Å². The van der Waals surface area contributed by atoms with Gasteiger partial charge in [-0.15, -0.1) is 11.3 Å². The average Bonchev–Trinajstić information content (AvgIpc) is 3.42. The summed E-state index contributed by atoms with van der Waals surface area (Å²) in [6.07, 6.45) is 4.64. The van der Waals surface area contributed by atoms with Crippen LogP contribution in [0.25, 0.3) is 16.9 Å². The maximum atomic E-state index is 13.2. The third-order valence-electron chi connectivity index (χ3n) is 6.22. The van der Waals surface area contributed by atoms with Crippen molar-refractivity contribution in [1.29, 1.82) is 0 Å². The lowest BCUT2D eigenvalue weighted by atomic mass is 9.98. The van der Waals surface area contributed by atoms with Crippen LogP contribution in [0.5, 0.6) is 0 Å². The Morgan fingerprint density at radius 3 is 2.79 bits per heavy atom. The highest BCUT2D eigenvalue weighted by atomic mass is 32.1. The monoisotopic (exact) mass is 461 g/mol. The second-order valence-electron chi connectivity index (χ2n) is 9.92. The summed E-state index contributed by atoms with van der Waals surface area (Å²) in [6, 6.07) is 6.56. The smallest absolute Gasteiger partial charge is 0.278 e. The lowest BCUT2D eigenvalue weighted by Crippen LogP contribution is -2.23. The molecule has 8 nitrogen and oxygen atoms in total. The van der Waals surface area contributed by atoms with E-state index in [9.17, 15) is 4.79 Å². The molecule has 9 heteroatoms. The molecule has 2 N–H and O–H groups in total. The van der Waals surface area contributed by atoms with Crippen molar-refractivity contribution in [2.24, 2.45) is 0 Å². The molecule has 0 unspecified atom stereocenters. The molecule has 4 aromatic rings. The van der Waals surface area contributed by atoms with Crippen molar-refractivity contribution in [3.05, 3.63) is 56.3 Å². The maximum absolute atomic E-state index is 13.2. The Labute approximate surface area is 195 Å². The number of nitrogens with one attached hydrogen (secondary N) is 2. The Hall–Kier alpha value is -3.04. The minimum atomic E-state index is -0.0553. The van der Waals surface area contributed by atoms with E-state index in [0.29, 0.717) is 17.0 Å². The minimum absolute atomic E-state index is 0.0503. The zero-order valence-corrected chi connectivity index (χ0v) is 19.9. The Morgan fingerprint density at radius 2 is 2.03 bits per heavy atom. The van der Waals surface area contributed by atoms with Gasteiger partial charge in [-0.2, -0.15) is 4.98 Å². The van der Waals surface area contributed by atoms with Gasteiger partial charge in [0.25, 0.3) is 5.56 Å². The number of nitrogens with zero attached hydrogens (tertiary/aromatic N) is 5. The van der Waals surface area contributed by atoms with E-state index in [-0.39, 0.29) is 17.0 Å². The topological polar surface area (TPSA) is 89.7 Å². The van der Waals surface area contributed by atoms with Gasteiger partial charge in [0.1, 0.15) is 10.4 Å². The fourth-order valence-corrected chi connectivity index (χ4v) is 5.19. The first kappa shape index (κ1) is 20.6. The van der Waals surface area contributed by atoms with E-state index >= 15 is 0 Å². The molecule has 3 aromatic heterocycles. The Kier molecular flexibility index (Phi) is 4.67. The number of hydrogen-bond donors (Lipinski definition) is 2. The van der Waals surface area contributed by atoms with Gasteiger partial charge in [-0.05, 0) is 49.1 Å². The third kappa shape index (κ3) is 3.65. The molecule has 1 aliphatic carbocycles. The molecular weight excluding hydrogens is 434 g/mol. The lowest BCUT2D eigenvalue weighted by molar-refractivity contribution is 0.546. The SMILES string of the molecule is CC(C)(C)c1nc(-n2c3nc(Nc4ccc5c(c4)CCNC5)ncc3c(=O)n2C2CC2)cs1.